The maximum absolute atomic E-state index is 12.9. The summed E-state index contributed by atoms with van der Waals surface area (Å²) >= 11 is 0.154. The van der Waals surface area contributed by atoms with Crippen LogP contribution in [0, 0.1) is 0 Å². The Morgan fingerprint density at radius 3 is 1.07 bits per heavy atom. The normalized spacial score (nSPS) is 14.2. The number of halogens is 15. The van der Waals surface area contributed by atoms with Gasteiger partial charge in [0, 0.05) is 23.4 Å². The number of hydrogen-bond donors (Lipinski definition) is 2. The summed E-state index contributed by atoms with van der Waals surface area (Å²) in [4.78, 5) is 0. The Kier molecular flexibility index (Phi) is 23.8. The van der Waals surface area contributed by atoms with Gasteiger partial charge in [0.25, 0.3) is 11.3 Å². The van der Waals surface area contributed by atoms with Crippen molar-refractivity contribution in [2.24, 2.45) is 0 Å². The Morgan fingerprint density at radius 1 is 0.548 bits per heavy atom. The van der Waals surface area contributed by atoms with Crippen molar-refractivity contribution in [2.45, 2.75) is 132 Å². The van der Waals surface area contributed by atoms with Gasteiger partial charge in [0.2, 0.25) is 0 Å². The third kappa shape index (κ3) is 17.2. The minimum atomic E-state index is -6.04. The van der Waals surface area contributed by atoms with E-state index in [0.29, 0.717) is 0 Å². The van der Waals surface area contributed by atoms with E-state index in [2.05, 4.69) is 20.8 Å². The summed E-state index contributed by atoms with van der Waals surface area (Å²) in [6, 6.07) is 0. The number of aliphatic hydroxyl groups excluding tert-OH is 2. The second-order valence-electron chi connectivity index (χ2n) is 9.70. The van der Waals surface area contributed by atoms with Crippen molar-refractivity contribution < 1.29 is 71.7 Å². The average Bonchev–Trinajstić information content (AvgIpc) is 2.84. The Morgan fingerprint density at radius 2 is 0.857 bits per heavy atom. The first kappa shape index (κ1) is 46.9. The van der Waals surface area contributed by atoms with Gasteiger partial charge in [-0.15, -0.1) is 0 Å². The molecule has 0 rings (SSSR count). The molecule has 0 spiro atoms. The molecule has 0 aliphatic heterocycles. The largest absolute Gasteiger partial charge is 0.431 e. The predicted molar refractivity (Wildman–Crippen MR) is 144 cm³/mol. The zero-order chi connectivity index (χ0) is 34.1. The monoisotopic (exact) mass is 874 g/mol. The first-order chi connectivity index (χ1) is 18.9. The predicted octanol–water partition coefficient (Wildman–Crippen LogP) is 10.2. The molecular weight excluding hydrogens is 832 g/mol. The van der Waals surface area contributed by atoms with E-state index in [1.165, 1.54) is 38.5 Å². The van der Waals surface area contributed by atoms with Gasteiger partial charge in [-0.2, -0.15) is 52.7 Å². The molecule has 2 nitrogen and oxygen atoms in total. The molecule has 18 heteroatoms. The summed E-state index contributed by atoms with van der Waals surface area (Å²) < 4.78 is 171. The van der Waals surface area contributed by atoms with Crippen LogP contribution in [0.2, 0.25) is 13.3 Å². The Hall–Kier alpha value is 0.469. The van der Waals surface area contributed by atoms with E-state index >= 15 is 0 Å². The molecule has 0 saturated heterocycles. The molecule has 0 aliphatic rings. The van der Waals surface area contributed by atoms with Gasteiger partial charge < -0.3 is 10.2 Å². The van der Waals surface area contributed by atoms with Crippen molar-refractivity contribution >= 4 is 42.4 Å². The van der Waals surface area contributed by atoms with E-state index in [1.54, 1.807) is 13.3 Å². The SMILES string of the molecule is CCC[CH2][SnH]([CH2]CCC)[CH2]CCC.OCC(I)CC(F)(C(F)(F)F)C(F)(F)F.OCCCC(F)(C(F)(F)F)C(F)(F)F. The van der Waals surface area contributed by atoms with E-state index < -0.39 is 92.2 Å². The fraction of sp³-hybridized carbons (Fsp3) is 1.00. The molecule has 0 aromatic carbocycles. The maximum Gasteiger partial charge on any atom is 0.431 e. The smallest absolute Gasteiger partial charge is 0.396 e. The number of rotatable bonds is 15. The van der Waals surface area contributed by atoms with Crippen molar-refractivity contribution in [1.29, 1.82) is 0 Å². The van der Waals surface area contributed by atoms with Crippen LogP contribution >= 0.6 is 22.6 Å². The maximum atomic E-state index is 12.9. The summed E-state index contributed by atoms with van der Waals surface area (Å²) in [5.41, 5.74) is -10.5. The minimum Gasteiger partial charge on any atom is -0.396 e. The van der Waals surface area contributed by atoms with Gasteiger partial charge in [-0.1, -0.05) is 22.6 Å². The quantitative estimate of drug-likeness (QED) is 0.0745. The molecule has 258 valence electrons. The summed E-state index contributed by atoms with van der Waals surface area (Å²) in [5.74, 6) is 0. The van der Waals surface area contributed by atoms with Crippen molar-refractivity contribution in [3.05, 3.63) is 0 Å². The molecule has 2 N–H and O–H groups in total. The molecule has 0 bridgehead atoms. The average molecular weight is 873 g/mol. The van der Waals surface area contributed by atoms with Gasteiger partial charge in [0.1, 0.15) is 0 Å². The Bertz CT molecular complexity index is 623. The molecule has 0 fully saturated rings. The minimum absolute atomic E-state index is 0.907. The number of aliphatic hydroxyl groups is 2. The van der Waals surface area contributed by atoms with Crippen LogP contribution in [-0.2, 0) is 0 Å². The zero-order valence-electron chi connectivity index (χ0n) is 23.6. The van der Waals surface area contributed by atoms with Gasteiger partial charge >= 0.3 is 117 Å². The molecular formula is C24H41F14IO2Sn. The van der Waals surface area contributed by atoms with E-state index in [0.717, 1.165) is 22.6 Å². The molecule has 0 amide bonds. The molecule has 0 aromatic rings. The molecule has 1 unspecified atom stereocenters. The second-order valence-corrected chi connectivity index (χ2v) is 21.3. The standard InChI is InChI=1S/C6H6F7IO.C6H7F7O.3C4H9.Sn.H/c7-4(5(8,9)10,6(11,12)13)1-3(14)2-15;7-4(2-1-3-14,5(8,9)10)6(11,12)13;3*1-3-4-2;;/h3,15H,1-2H2;14H,1-3H2;3*1,3-4H2,2H3;;. The summed E-state index contributed by atoms with van der Waals surface area (Å²) in [6.45, 7) is 5.12. The number of alkyl halides is 15. The van der Waals surface area contributed by atoms with Gasteiger partial charge in [-0.3, -0.25) is 0 Å². The third-order valence-electron chi connectivity index (χ3n) is 6.08. The molecule has 0 radical (unpaired) electrons. The fourth-order valence-electron chi connectivity index (χ4n) is 3.44. The molecule has 0 saturated carbocycles. The summed E-state index contributed by atoms with van der Waals surface area (Å²) in [6.07, 6.45) is -19.8. The second kappa shape index (κ2) is 21.3. The van der Waals surface area contributed by atoms with Crippen LogP contribution < -0.4 is 0 Å². The van der Waals surface area contributed by atoms with E-state index in [-0.39, 0.29) is 0 Å². The Balaban J connectivity index is -0.000000545. The van der Waals surface area contributed by atoms with Gasteiger partial charge in [0.05, 0.1) is 6.61 Å². The van der Waals surface area contributed by atoms with Crippen molar-refractivity contribution in [1.82, 2.24) is 0 Å². The number of hydrogen-bond acceptors (Lipinski definition) is 2. The van der Waals surface area contributed by atoms with Gasteiger partial charge in [-0.05, 0) is 6.42 Å². The molecule has 0 heterocycles. The molecule has 0 aromatic heterocycles. The van der Waals surface area contributed by atoms with Crippen molar-refractivity contribution in [3.63, 3.8) is 0 Å². The van der Waals surface area contributed by atoms with E-state index in [1.807, 2.05) is 0 Å². The number of unbranched alkanes of at least 4 members (excludes halogenated alkanes) is 3. The van der Waals surface area contributed by atoms with Crippen molar-refractivity contribution in [2.75, 3.05) is 13.2 Å². The first-order valence-corrected chi connectivity index (χ1v) is 21.6. The third-order valence-corrected chi connectivity index (χ3v) is 17.4. The van der Waals surface area contributed by atoms with Crippen molar-refractivity contribution in [3.8, 4) is 0 Å². The van der Waals surface area contributed by atoms with Crippen LogP contribution in [-0.4, -0.2) is 83.2 Å². The van der Waals surface area contributed by atoms with Gasteiger partial charge in [-0.25, -0.2) is 8.78 Å². The van der Waals surface area contributed by atoms with Crippen LogP contribution in [0.15, 0.2) is 0 Å². The van der Waals surface area contributed by atoms with Crippen LogP contribution in [0.4, 0.5) is 61.5 Å². The topological polar surface area (TPSA) is 40.5 Å². The van der Waals surface area contributed by atoms with Crippen LogP contribution in [0.1, 0.15) is 78.6 Å². The molecule has 0 aliphatic carbocycles. The fourth-order valence-corrected chi connectivity index (χ4v) is 15.0. The van der Waals surface area contributed by atoms with Gasteiger partial charge in [0.15, 0.2) is 0 Å². The summed E-state index contributed by atoms with van der Waals surface area (Å²) in [5, 5.41) is 16.4. The van der Waals surface area contributed by atoms with E-state index in [4.69, 9.17) is 10.2 Å². The molecule has 1 atom stereocenters. The van der Waals surface area contributed by atoms with Crippen LogP contribution in [0.5, 0.6) is 0 Å². The zero-order valence-corrected chi connectivity index (χ0v) is 29.1. The van der Waals surface area contributed by atoms with Crippen LogP contribution in [0.25, 0.3) is 0 Å². The Labute approximate surface area is 258 Å². The van der Waals surface area contributed by atoms with E-state index in [9.17, 15) is 61.5 Å². The first-order valence-electron chi connectivity index (χ1n) is 13.4. The molecule has 42 heavy (non-hydrogen) atoms. The summed E-state index contributed by atoms with van der Waals surface area (Å²) in [7, 11) is 0. The van der Waals surface area contributed by atoms with Crippen LogP contribution in [0.3, 0.4) is 0 Å².